The third kappa shape index (κ3) is 15.6. The van der Waals surface area contributed by atoms with Crippen molar-refractivity contribution >= 4 is 5.57 Å². The van der Waals surface area contributed by atoms with Gasteiger partial charge in [-0.15, -0.1) is 6.58 Å². The first-order valence-corrected chi connectivity index (χ1v) is 17.3. The lowest BCUT2D eigenvalue weighted by molar-refractivity contribution is 0.320. The predicted octanol–water partition coefficient (Wildman–Crippen LogP) is 13.7. The van der Waals surface area contributed by atoms with Gasteiger partial charge in [-0.2, -0.15) is 0 Å². The number of benzene rings is 2. The number of aryl methyl sites for hydroxylation is 3. The Morgan fingerprint density at radius 2 is 1.29 bits per heavy atom. The van der Waals surface area contributed by atoms with Crippen molar-refractivity contribution in [3.63, 3.8) is 0 Å². The molecule has 234 valence electrons. The lowest BCUT2D eigenvalue weighted by atomic mass is 9.76. The molecule has 0 radical (unpaired) electrons. The summed E-state index contributed by atoms with van der Waals surface area (Å²) in [5.41, 5.74) is 11.1. The summed E-state index contributed by atoms with van der Waals surface area (Å²) in [7, 11) is 0. The summed E-state index contributed by atoms with van der Waals surface area (Å²) in [6.07, 6.45) is 15.7. The Morgan fingerprint density at radius 3 is 1.78 bits per heavy atom. The van der Waals surface area contributed by atoms with Crippen molar-refractivity contribution in [3.8, 4) is 0 Å². The number of allylic oxidation sites excluding steroid dienone is 3. The third-order valence-electron chi connectivity index (χ3n) is 7.72. The maximum absolute atomic E-state index is 3.36. The first kappa shape index (κ1) is 41.1. The highest BCUT2D eigenvalue weighted by atomic mass is 14.3. The molecule has 0 heterocycles. The van der Waals surface area contributed by atoms with Crippen LogP contribution in [-0.2, 0) is 25.7 Å². The topological polar surface area (TPSA) is 0 Å². The van der Waals surface area contributed by atoms with Crippen LogP contribution in [0.3, 0.4) is 0 Å². The fourth-order valence-corrected chi connectivity index (χ4v) is 5.65. The van der Waals surface area contributed by atoms with Gasteiger partial charge in [-0.3, -0.25) is 0 Å². The molecule has 1 saturated carbocycles. The lowest BCUT2D eigenvalue weighted by Gasteiger charge is -2.29. The van der Waals surface area contributed by atoms with Gasteiger partial charge in [0.1, 0.15) is 0 Å². The molecular formula is C41H70. The molecule has 3 rings (SSSR count). The highest BCUT2D eigenvalue weighted by molar-refractivity contribution is 5.73. The SMILES string of the molecule is C=CC.CC.CC.CCC.CCCc1ccc(CCCc2ccccc2)c(/C(C)=C(\C)C2CCC(C)CC2)c1CC. The van der Waals surface area contributed by atoms with Gasteiger partial charge in [-0.25, -0.2) is 0 Å². The number of rotatable bonds is 9. The van der Waals surface area contributed by atoms with Crippen LogP contribution in [0.2, 0.25) is 0 Å². The van der Waals surface area contributed by atoms with Crippen LogP contribution in [0.5, 0.6) is 0 Å². The van der Waals surface area contributed by atoms with Crippen molar-refractivity contribution in [1.29, 1.82) is 0 Å². The largest absolute Gasteiger partial charge is 0.103 e. The van der Waals surface area contributed by atoms with Crippen LogP contribution in [-0.4, -0.2) is 0 Å². The predicted molar refractivity (Wildman–Crippen MR) is 192 cm³/mol. The summed E-state index contributed by atoms with van der Waals surface area (Å²) < 4.78 is 0. The Labute approximate surface area is 259 Å². The minimum absolute atomic E-state index is 0.785. The summed E-state index contributed by atoms with van der Waals surface area (Å²) in [4.78, 5) is 0. The van der Waals surface area contributed by atoms with E-state index in [4.69, 9.17) is 0 Å². The standard InChI is InChI=1S/C31H44.C3H8.C3H6.2C2H6/c1-6-12-28-21-22-29(16-11-15-26-13-9-8-10-14-26)31(30(28)7-2)25(5)24(4)27-19-17-23(3)18-20-27;2*1-3-2;2*1-2/h8-10,13-14,21-23,27H,6-7,11-12,15-20H2,1-5H3;3H2,1-2H3;3H,1H2,2H3;2*1-2H3/b25-24+;;;;. The Kier molecular flexibility index (Phi) is 26.8. The van der Waals surface area contributed by atoms with Crippen LogP contribution in [0.25, 0.3) is 5.57 Å². The van der Waals surface area contributed by atoms with Gasteiger partial charge in [-0.05, 0) is 111 Å². The molecule has 0 aromatic heterocycles. The lowest BCUT2D eigenvalue weighted by Crippen LogP contribution is -2.14. The normalized spacial score (nSPS) is 16.1. The molecule has 1 fully saturated rings. The maximum Gasteiger partial charge on any atom is -0.0161 e. The van der Waals surface area contributed by atoms with Crippen LogP contribution < -0.4 is 0 Å². The van der Waals surface area contributed by atoms with Gasteiger partial charge in [0.2, 0.25) is 0 Å². The van der Waals surface area contributed by atoms with E-state index in [2.05, 4.69) is 97.5 Å². The zero-order chi connectivity index (χ0) is 31.6. The molecule has 1 aliphatic rings. The number of hydrogen-bond acceptors (Lipinski definition) is 0. The van der Waals surface area contributed by atoms with Crippen molar-refractivity contribution in [2.24, 2.45) is 11.8 Å². The van der Waals surface area contributed by atoms with Gasteiger partial charge in [0, 0.05) is 0 Å². The van der Waals surface area contributed by atoms with E-state index in [1.165, 1.54) is 69.8 Å². The highest BCUT2D eigenvalue weighted by Crippen LogP contribution is 2.38. The zero-order valence-corrected chi connectivity index (χ0v) is 29.8. The monoisotopic (exact) mass is 563 g/mol. The van der Waals surface area contributed by atoms with Crippen LogP contribution >= 0.6 is 0 Å². The molecule has 0 N–H and O–H groups in total. The summed E-state index contributed by atoms with van der Waals surface area (Å²) >= 11 is 0. The molecule has 0 unspecified atom stereocenters. The first-order chi connectivity index (χ1) is 19.9. The van der Waals surface area contributed by atoms with Crippen LogP contribution in [0.15, 0.2) is 60.7 Å². The molecule has 2 aromatic rings. The van der Waals surface area contributed by atoms with Gasteiger partial charge in [0.05, 0.1) is 0 Å². The van der Waals surface area contributed by atoms with Crippen molar-refractivity contribution in [2.45, 2.75) is 154 Å². The van der Waals surface area contributed by atoms with E-state index in [-0.39, 0.29) is 0 Å². The average molecular weight is 563 g/mol. The van der Waals surface area contributed by atoms with E-state index in [0.717, 1.165) is 18.3 Å². The second-order valence-corrected chi connectivity index (χ2v) is 11.1. The minimum atomic E-state index is 0.785. The van der Waals surface area contributed by atoms with E-state index in [1.54, 1.807) is 39.5 Å². The molecule has 0 heteroatoms. The fraction of sp³-hybridized carbons (Fsp3) is 0.610. The first-order valence-electron chi connectivity index (χ1n) is 17.3. The zero-order valence-electron chi connectivity index (χ0n) is 29.8. The third-order valence-corrected chi connectivity index (χ3v) is 7.72. The van der Waals surface area contributed by atoms with Crippen LogP contribution in [0.1, 0.15) is 156 Å². The van der Waals surface area contributed by atoms with Crippen LogP contribution in [0, 0.1) is 11.8 Å². The Bertz CT molecular complexity index is 907. The average Bonchev–Trinajstić information content (AvgIpc) is 3.00. The van der Waals surface area contributed by atoms with Crippen molar-refractivity contribution in [3.05, 3.63) is 88.5 Å². The van der Waals surface area contributed by atoms with Crippen LogP contribution in [0.4, 0.5) is 0 Å². The molecule has 41 heavy (non-hydrogen) atoms. The van der Waals surface area contributed by atoms with Gasteiger partial charge in [-0.1, -0.05) is 142 Å². The van der Waals surface area contributed by atoms with Gasteiger partial charge >= 0.3 is 0 Å². The molecule has 0 bridgehead atoms. The van der Waals surface area contributed by atoms with Gasteiger partial charge < -0.3 is 0 Å². The van der Waals surface area contributed by atoms with Crippen molar-refractivity contribution in [1.82, 2.24) is 0 Å². The van der Waals surface area contributed by atoms with E-state index in [0.29, 0.717) is 0 Å². The summed E-state index contributed by atoms with van der Waals surface area (Å²) in [5, 5.41) is 0. The molecule has 0 atom stereocenters. The molecule has 0 saturated heterocycles. The highest BCUT2D eigenvalue weighted by Gasteiger charge is 2.23. The molecule has 0 amide bonds. The number of hydrogen-bond donors (Lipinski definition) is 0. The van der Waals surface area contributed by atoms with E-state index < -0.39 is 0 Å². The Morgan fingerprint density at radius 1 is 0.780 bits per heavy atom. The van der Waals surface area contributed by atoms with Crippen molar-refractivity contribution < 1.29 is 0 Å². The summed E-state index contributed by atoms with van der Waals surface area (Å²) in [5.74, 6) is 1.70. The molecule has 0 spiro atoms. The quantitative estimate of drug-likeness (QED) is 0.267. The summed E-state index contributed by atoms with van der Waals surface area (Å²) in [6, 6.07) is 15.9. The van der Waals surface area contributed by atoms with Gasteiger partial charge in [0.25, 0.3) is 0 Å². The van der Waals surface area contributed by atoms with E-state index in [9.17, 15) is 0 Å². The smallest absolute Gasteiger partial charge is 0.0161 e. The molecule has 0 nitrogen and oxygen atoms in total. The minimum Gasteiger partial charge on any atom is -0.103 e. The maximum atomic E-state index is 3.36. The molecular weight excluding hydrogens is 492 g/mol. The second-order valence-electron chi connectivity index (χ2n) is 11.1. The molecule has 2 aromatic carbocycles. The Balaban J connectivity index is 0. The Hall–Kier alpha value is -2.08. The molecule has 0 aliphatic heterocycles. The second kappa shape index (κ2) is 26.8. The fourth-order valence-electron chi connectivity index (χ4n) is 5.65. The summed E-state index contributed by atoms with van der Waals surface area (Å²) in [6.45, 7) is 29.5. The van der Waals surface area contributed by atoms with E-state index in [1.807, 2.05) is 34.6 Å². The van der Waals surface area contributed by atoms with E-state index >= 15 is 0 Å². The van der Waals surface area contributed by atoms with Crippen molar-refractivity contribution in [2.75, 3.05) is 0 Å². The van der Waals surface area contributed by atoms with Gasteiger partial charge in [0.15, 0.2) is 0 Å². The molecule has 1 aliphatic carbocycles.